The molecule has 1 aliphatic carbocycles. The maximum absolute atomic E-state index is 6.90. The van der Waals surface area contributed by atoms with Crippen LogP contribution in [0, 0.1) is 11.3 Å². The highest BCUT2D eigenvalue weighted by atomic mass is 31.0. The first-order chi connectivity index (χ1) is 15.7. The molecule has 4 aliphatic heterocycles. The summed E-state index contributed by atoms with van der Waals surface area (Å²) in [6.07, 6.45) is 7.03. The zero-order valence-electron chi connectivity index (χ0n) is 19.9. The molecule has 0 amide bonds. The van der Waals surface area contributed by atoms with Crippen molar-refractivity contribution in [2.75, 3.05) is 6.16 Å². The molecule has 4 bridgehead atoms. The fourth-order valence-corrected chi connectivity index (χ4v) is 9.06. The van der Waals surface area contributed by atoms with Gasteiger partial charge in [0.2, 0.25) is 0 Å². The summed E-state index contributed by atoms with van der Waals surface area (Å²) in [6, 6.07) is 21.6. The Labute approximate surface area is 199 Å². The standard InChI is InChI=1S/C29H33O3P/c1-25-17-27(3)31-26(2,18-28(4,30-25)32-27)29(25,19-33)23-16-15-22(20-11-7-5-8-12-20)24(23)21-13-9-6-10-14-21/h5-16,23H,17-19,33H2,1-4H3. The third-order valence-corrected chi connectivity index (χ3v) is 9.24. The first-order valence-electron chi connectivity index (χ1n) is 12.0. The molecule has 3 nitrogen and oxygen atoms in total. The quantitative estimate of drug-likeness (QED) is 0.490. The average Bonchev–Trinajstić information content (AvgIpc) is 3.17. The Hall–Kier alpha value is -1.77. The van der Waals surface area contributed by atoms with Crippen LogP contribution in [0.25, 0.3) is 11.1 Å². The molecule has 0 N–H and O–H groups in total. The van der Waals surface area contributed by atoms with Crippen molar-refractivity contribution in [3.8, 4) is 0 Å². The van der Waals surface area contributed by atoms with Crippen LogP contribution in [-0.2, 0) is 14.2 Å². The van der Waals surface area contributed by atoms with Crippen LogP contribution in [0.5, 0.6) is 0 Å². The lowest BCUT2D eigenvalue weighted by molar-refractivity contribution is -0.545. The van der Waals surface area contributed by atoms with Crippen LogP contribution in [-0.4, -0.2) is 28.9 Å². The van der Waals surface area contributed by atoms with Crippen molar-refractivity contribution in [2.24, 2.45) is 11.3 Å². The smallest absolute Gasteiger partial charge is 0.172 e. The van der Waals surface area contributed by atoms with Gasteiger partial charge >= 0.3 is 0 Å². The molecule has 4 fully saturated rings. The van der Waals surface area contributed by atoms with Gasteiger partial charge in [0.1, 0.15) is 0 Å². The van der Waals surface area contributed by atoms with Crippen LogP contribution >= 0.6 is 9.24 Å². The van der Waals surface area contributed by atoms with E-state index < -0.39 is 22.8 Å². The lowest BCUT2D eigenvalue weighted by Gasteiger charge is -2.75. The summed E-state index contributed by atoms with van der Waals surface area (Å²) >= 11 is 0. The number of allylic oxidation sites excluding steroid dienone is 4. The van der Waals surface area contributed by atoms with Crippen molar-refractivity contribution in [1.29, 1.82) is 0 Å². The van der Waals surface area contributed by atoms with E-state index in [1.54, 1.807) is 0 Å². The second kappa shape index (κ2) is 6.89. The van der Waals surface area contributed by atoms with Crippen molar-refractivity contribution in [3.05, 3.63) is 83.9 Å². The lowest BCUT2D eigenvalue weighted by atomic mass is 9.48. The molecule has 2 aromatic rings. The Bertz CT molecular complexity index is 1110. The minimum Gasteiger partial charge on any atom is -0.343 e. The van der Waals surface area contributed by atoms with E-state index in [1.807, 2.05) is 0 Å². The van der Waals surface area contributed by atoms with Crippen LogP contribution in [0.4, 0.5) is 0 Å². The lowest BCUT2D eigenvalue weighted by Crippen LogP contribution is -2.83. The molecule has 5 aliphatic rings. The normalized spacial score (nSPS) is 43.5. The highest BCUT2D eigenvalue weighted by Crippen LogP contribution is 2.72. The van der Waals surface area contributed by atoms with Crippen LogP contribution in [0.15, 0.2) is 72.8 Å². The highest BCUT2D eigenvalue weighted by Gasteiger charge is 2.78. The van der Waals surface area contributed by atoms with Crippen molar-refractivity contribution < 1.29 is 14.2 Å². The second-order valence-electron chi connectivity index (χ2n) is 11.0. The molecule has 4 saturated heterocycles. The van der Waals surface area contributed by atoms with Crippen LogP contribution in [0.3, 0.4) is 0 Å². The van der Waals surface area contributed by atoms with Crippen LogP contribution < -0.4 is 0 Å². The minimum absolute atomic E-state index is 0.148. The topological polar surface area (TPSA) is 27.7 Å². The number of rotatable bonds is 4. The Morgan fingerprint density at radius 2 is 1.27 bits per heavy atom. The van der Waals surface area contributed by atoms with Gasteiger partial charge in [-0.05, 0) is 56.1 Å². The Morgan fingerprint density at radius 3 is 1.79 bits per heavy atom. The molecule has 6 atom stereocenters. The molecular formula is C29H33O3P. The first kappa shape index (κ1) is 21.7. The molecule has 0 aromatic heterocycles. The van der Waals surface area contributed by atoms with Crippen LogP contribution in [0.2, 0.25) is 0 Å². The number of ether oxygens (including phenoxy) is 3. The molecule has 6 unspecified atom stereocenters. The summed E-state index contributed by atoms with van der Waals surface area (Å²) in [7, 11) is 3.06. The van der Waals surface area contributed by atoms with Gasteiger partial charge < -0.3 is 14.2 Å². The average molecular weight is 461 g/mol. The van der Waals surface area contributed by atoms with E-state index in [2.05, 4.69) is 110 Å². The Kier molecular flexibility index (Phi) is 4.54. The zero-order chi connectivity index (χ0) is 23.1. The van der Waals surface area contributed by atoms with Crippen molar-refractivity contribution in [3.63, 3.8) is 0 Å². The molecular weight excluding hydrogens is 427 g/mol. The predicted molar refractivity (Wildman–Crippen MR) is 135 cm³/mol. The van der Waals surface area contributed by atoms with E-state index in [9.17, 15) is 0 Å². The molecule has 172 valence electrons. The van der Waals surface area contributed by atoms with Gasteiger partial charge in [0.05, 0.1) is 11.2 Å². The number of benzene rings is 2. The fraction of sp³-hybridized carbons (Fsp3) is 0.448. The van der Waals surface area contributed by atoms with E-state index in [-0.39, 0.29) is 11.3 Å². The fourth-order valence-electron chi connectivity index (χ4n) is 7.95. The van der Waals surface area contributed by atoms with Gasteiger partial charge in [-0.1, -0.05) is 72.8 Å². The SMILES string of the molecule is CC12CC3(C)OC(C)(CC(C)(O1)C3(CP)C1C=CC(c3ccccc3)=C1c1ccccc1)O2. The third kappa shape index (κ3) is 2.83. The van der Waals surface area contributed by atoms with E-state index in [0.717, 1.165) is 6.16 Å². The second-order valence-corrected chi connectivity index (χ2v) is 11.4. The minimum atomic E-state index is -0.626. The molecule has 0 spiro atoms. The molecule has 4 heterocycles. The van der Waals surface area contributed by atoms with Crippen molar-refractivity contribution >= 4 is 20.4 Å². The van der Waals surface area contributed by atoms with Gasteiger partial charge in [-0.3, -0.25) is 0 Å². The van der Waals surface area contributed by atoms with Crippen molar-refractivity contribution in [2.45, 2.75) is 63.3 Å². The highest BCUT2D eigenvalue weighted by molar-refractivity contribution is 7.16. The van der Waals surface area contributed by atoms with Gasteiger partial charge in [-0.25, -0.2) is 0 Å². The molecule has 0 saturated carbocycles. The summed E-state index contributed by atoms with van der Waals surface area (Å²) in [5, 5.41) is 0. The summed E-state index contributed by atoms with van der Waals surface area (Å²) in [5.74, 6) is -1.10. The van der Waals surface area contributed by atoms with Crippen LogP contribution in [0.1, 0.15) is 51.7 Å². The molecule has 4 heteroatoms. The van der Waals surface area contributed by atoms with E-state index in [0.29, 0.717) is 12.8 Å². The first-order valence-corrected chi connectivity index (χ1v) is 12.8. The summed E-state index contributed by atoms with van der Waals surface area (Å²) in [4.78, 5) is 0. The van der Waals surface area contributed by atoms with Gasteiger partial charge in [-0.15, -0.1) is 9.24 Å². The summed E-state index contributed by atoms with van der Waals surface area (Å²) < 4.78 is 20.2. The maximum atomic E-state index is 6.90. The van der Waals surface area contributed by atoms with E-state index >= 15 is 0 Å². The van der Waals surface area contributed by atoms with Gasteiger partial charge in [-0.2, -0.15) is 0 Å². The largest absolute Gasteiger partial charge is 0.343 e. The maximum Gasteiger partial charge on any atom is 0.172 e. The van der Waals surface area contributed by atoms with Gasteiger partial charge in [0.15, 0.2) is 11.6 Å². The molecule has 0 radical (unpaired) electrons. The number of hydrogen-bond acceptors (Lipinski definition) is 3. The van der Waals surface area contributed by atoms with E-state index in [4.69, 9.17) is 14.2 Å². The zero-order valence-corrected chi connectivity index (χ0v) is 21.1. The summed E-state index contributed by atoms with van der Waals surface area (Å²) in [6.45, 7) is 8.77. The van der Waals surface area contributed by atoms with Gasteiger partial charge in [0, 0.05) is 24.2 Å². The molecule has 7 rings (SSSR count). The Balaban J connectivity index is 1.59. The third-order valence-electron chi connectivity index (χ3n) is 8.60. The van der Waals surface area contributed by atoms with Crippen molar-refractivity contribution in [1.82, 2.24) is 0 Å². The number of hydrogen-bond donors (Lipinski definition) is 0. The Morgan fingerprint density at radius 1 is 0.758 bits per heavy atom. The molecule has 2 aromatic carbocycles. The monoisotopic (exact) mass is 460 g/mol. The van der Waals surface area contributed by atoms with E-state index in [1.165, 1.54) is 22.3 Å². The molecule has 33 heavy (non-hydrogen) atoms. The van der Waals surface area contributed by atoms with Gasteiger partial charge in [0.25, 0.3) is 0 Å². The predicted octanol–water partition coefficient (Wildman–Crippen LogP) is 6.47. The summed E-state index contributed by atoms with van der Waals surface area (Å²) in [5.41, 5.74) is 4.09.